The smallest absolute Gasteiger partial charge is 0.220 e. The van der Waals surface area contributed by atoms with Crippen LogP contribution in [0, 0.1) is 5.92 Å². The van der Waals surface area contributed by atoms with Crippen molar-refractivity contribution in [2.24, 2.45) is 5.92 Å². The molecule has 0 aliphatic heterocycles. The molecular formula is C23H30N6O. The second kappa shape index (κ2) is 10.2. The summed E-state index contributed by atoms with van der Waals surface area (Å²) >= 11 is 0. The summed E-state index contributed by atoms with van der Waals surface area (Å²) in [6, 6.07) is 10.4. The number of carbonyl (C=O) groups is 1. The van der Waals surface area contributed by atoms with E-state index in [1.165, 1.54) is 37.7 Å². The van der Waals surface area contributed by atoms with Crippen LogP contribution in [-0.4, -0.2) is 38.7 Å². The van der Waals surface area contributed by atoms with E-state index >= 15 is 0 Å². The largest absolute Gasteiger partial charge is 0.369 e. The van der Waals surface area contributed by atoms with E-state index in [0.29, 0.717) is 25.4 Å². The van der Waals surface area contributed by atoms with E-state index in [1.54, 1.807) is 12.5 Å². The van der Waals surface area contributed by atoms with Crippen molar-refractivity contribution in [2.45, 2.75) is 51.5 Å². The molecule has 1 saturated carbocycles. The first-order valence-corrected chi connectivity index (χ1v) is 11.0. The van der Waals surface area contributed by atoms with Gasteiger partial charge in [-0.3, -0.25) is 4.79 Å². The van der Waals surface area contributed by atoms with Crippen LogP contribution < -0.4 is 10.6 Å². The van der Waals surface area contributed by atoms with Crippen LogP contribution in [0.4, 0.5) is 5.82 Å². The Morgan fingerprint density at radius 2 is 1.90 bits per heavy atom. The van der Waals surface area contributed by atoms with Crippen molar-refractivity contribution in [1.82, 2.24) is 25.1 Å². The van der Waals surface area contributed by atoms with Crippen LogP contribution in [-0.2, 0) is 17.8 Å². The van der Waals surface area contributed by atoms with Gasteiger partial charge in [0.15, 0.2) is 5.65 Å². The van der Waals surface area contributed by atoms with Crippen molar-refractivity contribution < 1.29 is 4.79 Å². The number of hydrogen-bond acceptors (Lipinski definition) is 5. The van der Waals surface area contributed by atoms with Crippen LogP contribution in [0.15, 0.2) is 42.9 Å². The SMILES string of the molecule is O=C(CC1CCCCC1)NCCn1ncc2c(NCCc3ccccc3)ncnc21. The maximum atomic E-state index is 12.2. The maximum Gasteiger partial charge on any atom is 0.220 e. The summed E-state index contributed by atoms with van der Waals surface area (Å²) in [5.74, 6) is 1.50. The molecular weight excluding hydrogens is 376 g/mol. The van der Waals surface area contributed by atoms with Crippen molar-refractivity contribution in [3.63, 3.8) is 0 Å². The first-order chi connectivity index (χ1) is 14.8. The fraction of sp³-hybridized carbons (Fsp3) is 0.478. The molecule has 7 heteroatoms. The molecule has 1 fully saturated rings. The molecule has 30 heavy (non-hydrogen) atoms. The van der Waals surface area contributed by atoms with Crippen molar-refractivity contribution >= 4 is 22.8 Å². The fourth-order valence-electron chi connectivity index (χ4n) is 4.19. The first kappa shape index (κ1) is 20.3. The van der Waals surface area contributed by atoms with E-state index in [9.17, 15) is 4.79 Å². The lowest BCUT2D eigenvalue weighted by Crippen LogP contribution is -2.29. The van der Waals surface area contributed by atoms with Gasteiger partial charge >= 0.3 is 0 Å². The van der Waals surface area contributed by atoms with E-state index in [4.69, 9.17) is 0 Å². The van der Waals surface area contributed by atoms with Crippen molar-refractivity contribution in [2.75, 3.05) is 18.4 Å². The topological polar surface area (TPSA) is 84.7 Å². The van der Waals surface area contributed by atoms with Crippen molar-refractivity contribution in [3.05, 3.63) is 48.4 Å². The summed E-state index contributed by atoms with van der Waals surface area (Å²) < 4.78 is 1.83. The summed E-state index contributed by atoms with van der Waals surface area (Å²) in [6.45, 7) is 1.95. The minimum absolute atomic E-state index is 0.149. The number of nitrogens with zero attached hydrogens (tertiary/aromatic N) is 4. The van der Waals surface area contributed by atoms with E-state index in [0.717, 1.165) is 29.8 Å². The summed E-state index contributed by atoms with van der Waals surface area (Å²) in [4.78, 5) is 21.0. The monoisotopic (exact) mass is 406 g/mol. The third kappa shape index (κ3) is 5.34. The van der Waals surface area contributed by atoms with Gasteiger partial charge in [-0.1, -0.05) is 49.6 Å². The Kier molecular flexibility index (Phi) is 6.90. The molecule has 1 amide bonds. The van der Waals surface area contributed by atoms with Gasteiger partial charge in [0.2, 0.25) is 5.91 Å². The average molecular weight is 407 g/mol. The number of rotatable bonds is 9. The molecule has 4 rings (SSSR count). The summed E-state index contributed by atoms with van der Waals surface area (Å²) in [6.07, 6.45) is 11.1. The van der Waals surface area contributed by atoms with Crippen LogP contribution in [0.3, 0.4) is 0 Å². The molecule has 2 N–H and O–H groups in total. The molecule has 0 radical (unpaired) electrons. The second-order valence-corrected chi connectivity index (χ2v) is 8.05. The third-order valence-electron chi connectivity index (χ3n) is 5.83. The number of hydrogen-bond donors (Lipinski definition) is 2. The Balaban J connectivity index is 1.28. The van der Waals surface area contributed by atoms with E-state index in [-0.39, 0.29) is 5.91 Å². The highest BCUT2D eigenvalue weighted by molar-refractivity contribution is 5.86. The normalized spacial score (nSPS) is 14.7. The highest BCUT2D eigenvalue weighted by atomic mass is 16.1. The molecule has 0 atom stereocenters. The second-order valence-electron chi connectivity index (χ2n) is 8.05. The fourth-order valence-corrected chi connectivity index (χ4v) is 4.19. The number of nitrogens with one attached hydrogen (secondary N) is 2. The Morgan fingerprint density at radius 1 is 1.07 bits per heavy atom. The lowest BCUT2D eigenvalue weighted by molar-refractivity contribution is -0.122. The molecule has 2 aromatic heterocycles. The molecule has 7 nitrogen and oxygen atoms in total. The molecule has 0 spiro atoms. The summed E-state index contributed by atoms with van der Waals surface area (Å²) in [7, 11) is 0. The van der Waals surface area contributed by atoms with Crippen molar-refractivity contribution in [1.29, 1.82) is 0 Å². The van der Waals surface area contributed by atoms with Crippen LogP contribution >= 0.6 is 0 Å². The zero-order chi connectivity index (χ0) is 20.6. The molecule has 2 heterocycles. The van der Waals surface area contributed by atoms with Gasteiger partial charge in [-0.2, -0.15) is 5.10 Å². The molecule has 1 aliphatic carbocycles. The standard InChI is InChI=1S/C23H30N6O/c30-21(15-19-9-5-2-6-10-19)24-13-14-29-23-20(16-28-29)22(26-17-27-23)25-12-11-18-7-3-1-4-8-18/h1,3-4,7-8,16-17,19H,2,5-6,9-15H2,(H,24,30)(H,25,26,27). The molecule has 0 unspecified atom stereocenters. The molecule has 1 aromatic carbocycles. The zero-order valence-electron chi connectivity index (χ0n) is 17.4. The summed E-state index contributed by atoms with van der Waals surface area (Å²) in [5.41, 5.74) is 2.07. The Bertz CT molecular complexity index is 949. The highest BCUT2D eigenvalue weighted by Crippen LogP contribution is 2.26. The van der Waals surface area contributed by atoms with E-state index < -0.39 is 0 Å². The third-order valence-corrected chi connectivity index (χ3v) is 5.83. The van der Waals surface area contributed by atoms with Gasteiger partial charge < -0.3 is 10.6 Å². The average Bonchev–Trinajstić information content (AvgIpc) is 3.19. The Morgan fingerprint density at radius 3 is 2.73 bits per heavy atom. The Labute approximate surface area is 177 Å². The number of carbonyl (C=O) groups excluding carboxylic acids is 1. The predicted molar refractivity (Wildman–Crippen MR) is 118 cm³/mol. The summed E-state index contributed by atoms with van der Waals surface area (Å²) in [5, 5.41) is 11.8. The number of benzene rings is 1. The van der Waals surface area contributed by atoms with Gasteiger partial charge in [-0.05, 0) is 30.7 Å². The van der Waals surface area contributed by atoms with Crippen LogP contribution in [0.5, 0.6) is 0 Å². The zero-order valence-corrected chi connectivity index (χ0v) is 17.4. The van der Waals surface area contributed by atoms with E-state index in [1.807, 2.05) is 10.7 Å². The van der Waals surface area contributed by atoms with Gasteiger partial charge in [-0.25, -0.2) is 14.6 Å². The quantitative estimate of drug-likeness (QED) is 0.567. The van der Waals surface area contributed by atoms with Gasteiger partial charge in [-0.15, -0.1) is 0 Å². The van der Waals surface area contributed by atoms with E-state index in [2.05, 4.69) is 50.0 Å². The van der Waals surface area contributed by atoms with Crippen LogP contribution in [0.25, 0.3) is 11.0 Å². The minimum Gasteiger partial charge on any atom is -0.369 e. The minimum atomic E-state index is 0.149. The maximum absolute atomic E-state index is 12.2. The highest BCUT2D eigenvalue weighted by Gasteiger charge is 2.17. The lowest BCUT2D eigenvalue weighted by Gasteiger charge is -2.20. The number of fused-ring (bicyclic) bond motifs is 1. The Hall–Kier alpha value is -2.96. The van der Waals surface area contributed by atoms with Crippen LogP contribution in [0.2, 0.25) is 0 Å². The first-order valence-electron chi connectivity index (χ1n) is 11.0. The van der Waals surface area contributed by atoms with Gasteiger partial charge in [0.1, 0.15) is 12.1 Å². The molecule has 158 valence electrons. The molecule has 3 aromatic rings. The lowest BCUT2D eigenvalue weighted by atomic mass is 9.87. The molecule has 0 bridgehead atoms. The van der Waals surface area contributed by atoms with Crippen LogP contribution in [0.1, 0.15) is 44.1 Å². The number of amides is 1. The molecule has 0 saturated heterocycles. The van der Waals surface area contributed by atoms with Gasteiger partial charge in [0.05, 0.1) is 18.1 Å². The van der Waals surface area contributed by atoms with Crippen molar-refractivity contribution in [3.8, 4) is 0 Å². The number of anilines is 1. The van der Waals surface area contributed by atoms with Gasteiger partial charge in [0, 0.05) is 19.5 Å². The predicted octanol–water partition coefficient (Wildman–Crippen LogP) is 3.57. The number of aromatic nitrogens is 4. The molecule has 1 aliphatic rings. The van der Waals surface area contributed by atoms with Gasteiger partial charge in [0.25, 0.3) is 0 Å².